The van der Waals surface area contributed by atoms with Gasteiger partial charge in [0.05, 0.1) is 5.69 Å². The molecular formula is C32H36N8O3. The molecule has 1 aliphatic rings. The maximum atomic E-state index is 13.9. The molecule has 2 aromatic carbocycles. The van der Waals surface area contributed by atoms with E-state index in [1.165, 1.54) is 15.5 Å². The van der Waals surface area contributed by atoms with E-state index in [1.807, 2.05) is 64.1 Å². The number of fused-ring (bicyclic) bond motifs is 1. The van der Waals surface area contributed by atoms with Crippen LogP contribution in [0.25, 0.3) is 16.9 Å². The lowest BCUT2D eigenvalue weighted by Gasteiger charge is -2.26. The van der Waals surface area contributed by atoms with E-state index in [1.54, 1.807) is 30.3 Å². The number of imidazole rings is 1. The summed E-state index contributed by atoms with van der Waals surface area (Å²) < 4.78 is 8.92. The van der Waals surface area contributed by atoms with Crippen molar-refractivity contribution in [1.82, 2.24) is 29.7 Å². The van der Waals surface area contributed by atoms with Crippen molar-refractivity contribution in [3.05, 3.63) is 83.1 Å². The van der Waals surface area contributed by atoms with E-state index in [4.69, 9.17) is 10.5 Å². The summed E-state index contributed by atoms with van der Waals surface area (Å²) in [4.78, 5) is 35.3. The zero-order valence-corrected chi connectivity index (χ0v) is 24.8. The number of anilines is 1. The average molecular weight is 581 g/mol. The molecule has 2 aromatic heterocycles. The van der Waals surface area contributed by atoms with Crippen LogP contribution in [0.15, 0.2) is 77.4 Å². The van der Waals surface area contributed by atoms with Crippen molar-refractivity contribution in [2.45, 2.75) is 58.7 Å². The Kier molecular flexibility index (Phi) is 8.06. The van der Waals surface area contributed by atoms with Crippen LogP contribution in [0.4, 0.5) is 5.82 Å². The quantitative estimate of drug-likeness (QED) is 0.177. The fraction of sp³-hybridized carbons (Fsp3) is 0.344. The Morgan fingerprint density at radius 3 is 2.42 bits per heavy atom. The van der Waals surface area contributed by atoms with Gasteiger partial charge in [0.1, 0.15) is 35.0 Å². The number of para-hydroxylation sites is 1. The number of hydrogen-bond donors (Lipinski definition) is 3. The number of benzene rings is 2. The van der Waals surface area contributed by atoms with Crippen molar-refractivity contribution in [3.63, 3.8) is 0 Å². The van der Waals surface area contributed by atoms with Crippen molar-refractivity contribution in [2.24, 2.45) is 5.41 Å². The Morgan fingerprint density at radius 1 is 1.09 bits per heavy atom. The summed E-state index contributed by atoms with van der Waals surface area (Å²) in [7, 11) is 0. The van der Waals surface area contributed by atoms with Crippen molar-refractivity contribution in [2.75, 3.05) is 12.3 Å². The normalized spacial score (nSPS) is 14.0. The van der Waals surface area contributed by atoms with E-state index in [0.717, 1.165) is 12.8 Å². The van der Waals surface area contributed by atoms with E-state index in [0.29, 0.717) is 34.4 Å². The largest absolute Gasteiger partial charge is 0.457 e. The van der Waals surface area contributed by atoms with Crippen LogP contribution >= 0.6 is 0 Å². The molecule has 0 atom stereocenters. The van der Waals surface area contributed by atoms with Gasteiger partial charge in [-0.15, -0.1) is 0 Å². The molecule has 0 spiro atoms. The van der Waals surface area contributed by atoms with Crippen LogP contribution in [-0.2, 0) is 11.3 Å². The summed E-state index contributed by atoms with van der Waals surface area (Å²) in [5.41, 5.74) is 6.23. The van der Waals surface area contributed by atoms with Gasteiger partial charge in [0, 0.05) is 30.1 Å². The van der Waals surface area contributed by atoms with Crippen LogP contribution in [-0.4, -0.2) is 43.1 Å². The summed E-state index contributed by atoms with van der Waals surface area (Å²) in [6.45, 7) is 8.18. The van der Waals surface area contributed by atoms with Crippen LogP contribution in [0, 0.1) is 16.7 Å². The molecule has 1 amide bonds. The SMILES string of the molecule is CC(C)(CNC(=O)C(C#N)=CC(C)(C)NC1CC1)Cn1c(=O)n(-c2ccc(Oc3ccccc3)cc2)c2c(N)ncnc21. The van der Waals surface area contributed by atoms with E-state index in [9.17, 15) is 14.9 Å². The van der Waals surface area contributed by atoms with Crippen molar-refractivity contribution in [1.29, 1.82) is 5.26 Å². The maximum absolute atomic E-state index is 13.9. The number of ether oxygens (including phenoxy) is 1. The standard InChI is InChI=1S/C32H36N8O3/c1-31(2,18-35-29(41)21(17-33)16-32(3,4)38-22-10-11-22)19-39-28-26(27(34)36-20-37-28)40(30(39)42)23-12-14-25(15-13-23)43-24-8-6-5-7-9-24/h5-9,12-16,20,22,38H,10-11,18-19H2,1-4H3,(H,35,41)(H2,34,36,37). The first-order valence-corrected chi connectivity index (χ1v) is 14.2. The third kappa shape index (κ3) is 6.93. The number of nitrogens with one attached hydrogen (secondary N) is 2. The first-order chi connectivity index (χ1) is 20.5. The molecule has 222 valence electrons. The third-order valence-electron chi connectivity index (χ3n) is 7.14. The molecule has 0 saturated heterocycles. The number of amides is 1. The zero-order chi connectivity index (χ0) is 30.8. The monoisotopic (exact) mass is 580 g/mol. The Bertz CT molecular complexity index is 1760. The van der Waals surface area contributed by atoms with E-state index in [2.05, 4.69) is 20.6 Å². The minimum Gasteiger partial charge on any atom is -0.457 e. The Morgan fingerprint density at radius 2 is 1.77 bits per heavy atom. The highest BCUT2D eigenvalue weighted by atomic mass is 16.5. The van der Waals surface area contributed by atoms with Crippen molar-refractivity contribution < 1.29 is 9.53 Å². The van der Waals surface area contributed by atoms with Crippen molar-refractivity contribution in [3.8, 4) is 23.3 Å². The Balaban J connectivity index is 1.37. The number of carbonyl (C=O) groups is 1. The highest BCUT2D eigenvalue weighted by molar-refractivity contribution is 5.97. The lowest BCUT2D eigenvalue weighted by Crippen LogP contribution is -2.41. The molecule has 4 N–H and O–H groups in total. The molecule has 0 aliphatic heterocycles. The van der Waals surface area contributed by atoms with E-state index < -0.39 is 16.9 Å². The minimum absolute atomic E-state index is 0.0444. The van der Waals surface area contributed by atoms with Crippen LogP contribution in [0.5, 0.6) is 11.5 Å². The van der Waals surface area contributed by atoms with Gasteiger partial charge in [-0.25, -0.2) is 14.8 Å². The molecule has 43 heavy (non-hydrogen) atoms. The number of nitrogen functional groups attached to an aromatic ring is 1. The smallest absolute Gasteiger partial charge is 0.335 e. The molecule has 1 saturated carbocycles. The lowest BCUT2D eigenvalue weighted by molar-refractivity contribution is -0.117. The molecule has 0 bridgehead atoms. The Hall–Kier alpha value is -4.95. The number of rotatable bonds is 11. The summed E-state index contributed by atoms with van der Waals surface area (Å²) in [5.74, 6) is 1.03. The van der Waals surface area contributed by atoms with Gasteiger partial charge < -0.3 is 21.1 Å². The molecule has 2 heterocycles. The first kappa shape index (κ1) is 29.5. The number of nitrogens with zero attached hydrogens (tertiary/aromatic N) is 5. The number of carbonyl (C=O) groups excluding carboxylic acids is 1. The van der Waals surface area contributed by atoms with Crippen LogP contribution in [0.2, 0.25) is 0 Å². The molecule has 0 radical (unpaired) electrons. The number of nitrogens with two attached hydrogens (primary N) is 1. The molecule has 11 heteroatoms. The minimum atomic E-state index is -0.589. The molecule has 0 unspecified atom stereocenters. The molecular weight excluding hydrogens is 544 g/mol. The molecule has 11 nitrogen and oxygen atoms in total. The van der Waals surface area contributed by atoms with Gasteiger partial charge in [0.25, 0.3) is 5.91 Å². The fourth-order valence-electron chi connectivity index (χ4n) is 4.98. The van der Waals surface area contributed by atoms with Gasteiger partial charge in [0.2, 0.25) is 0 Å². The van der Waals surface area contributed by atoms with Crippen molar-refractivity contribution >= 4 is 22.9 Å². The maximum Gasteiger partial charge on any atom is 0.335 e. The predicted molar refractivity (Wildman–Crippen MR) is 165 cm³/mol. The van der Waals surface area contributed by atoms with E-state index in [-0.39, 0.29) is 30.2 Å². The van der Waals surface area contributed by atoms with Gasteiger partial charge in [0.15, 0.2) is 11.5 Å². The molecule has 1 fully saturated rings. The van der Waals surface area contributed by atoms with E-state index >= 15 is 0 Å². The number of hydrogen-bond acceptors (Lipinski definition) is 8. The lowest BCUT2D eigenvalue weighted by atomic mass is 9.93. The molecule has 1 aliphatic carbocycles. The van der Waals surface area contributed by atoms with Gasteiger partial charge in [-0.1, -0.05) is 32.0 Å². The zero-order valence-electron chi connectivity index (χ0n) is 24.8. The second-order valence-electron chi connectivity index (χ2n) is 12.2. The summed E-state index contributed by atoms with van der Waals surface area (Å²) in [6, 6.07) is 19.0. The summed E-state index contributed by atoms with van der Waals surface area (Å²) in [6.07, 6.45) is 5.19. The Labute approximate surface area is 250 Å². The summed E-state index contributed by atoms with van der Waals surface area (Å²) >= 11 is 0. The second kappa shape index (κ2) is 11.7. The number of aromatic nitrogens is 4. The van der Waals surface area contributed by atoms with Crippen LogP contribution < -0.4 is 26.8 Å². The van der Waals surface area contributed by atoms with Gasteiger partial charge >= 0.3 is 5.69 Å². The van der Waals surface area contributed by atoms with Gasteiger partial charge in [-0.2, -0.15) is 5.26 Å². The summed E-state index contributed by atoms with van der Waals surface area (Å²) in [5, 5.41) is 16.0. The van der Waals surface area contributed by atoms with Gasteiger partial charge in [-0.3, -0.25) is 13.9 Å². The molecule has 4 aromatic rings. The fourth-order valence-corrected chi connectivity index (χ4v) is 4.98. The van der Waals surface area contributed by atoms with Crippen LogP contribution in [0.1, 0.15) is 40.5 Å². The predicted octanol–water partition coefficient (Wildman–Crippen LogP) is 4.08. The topological polar surface area (TPSA) is 153 Å². The average Bonchev–Trinajstić information content (AvgIpc) is 3.74. The molecule has 5 rings (SSSR count). The highest BCUT2D eigenvalue weighted by Gasteiger charge is 2.30. The first-order valence-electron chi connectivity index (χ1n) is 14.2. The highest BCUT2D eigenvalue weighted by Crippen LogP contribution is 2.27. The second-order valence-corrected chi connectivity index (χ2v) is 12.2. The van der Waals surface area contributed by atoms with Crippen LogP contribution in [0.3, 0.4) is 0 Å². The number of nitriles is 1. The van der Waals surface area contributed by atoms with Gasteiger partial charge in [-0.05, 0) is 69.2 Å². The third-order valence-corrected chi connectivity index (χ3v) is 7.14.